The van der Waals surface area contributed by atoms with Crippen LogP contribution >= 0.6 is 11.6 Å². The maximum absolute atomic E-state index is 12.7. The topological polar surface area (TPSA) is 55.1 Å². The molecule has 3 aromatic carbocycles. The van der Waals surface area contributed by atoms with E-state index < -0.39 is 0 Å². The van der Waals surface area contributed by atoms with Gasteiger partial charge >= 0.3 is 0 Å². The SMILES string of the molecule is Cc1ccccc1C(=O)Nc1cc(-c2nc3cc(C(C)C)ccc3o2)ccc1Cl. The van der Waals surface area contributed by atoms with Crippen molar-refractivity contribution in [2.45, 2.75) is 26.7 Å². The molecule has 0 aliphatic rings. The van der Waals surface area contributed by atoms with Crippen molar-refractivity contribution in [1.29, 1.82) is 0 Å². The molecule has 0 aliphatic carbocycles. The molecule has 4 nitrogen and oxygen atoms in total. The van der Waals surface area contributed by atoms with Crippen LogP contribution in [0.4, 0.5) is 5.69 Å². The average Bonchev–Trinajstić information content (AvgIpc) is 3.13. The molecule has 5 heteroatoms. The van der Waals surface area contributed by atoms with Gasteiger partial charge in [-0.2, -0.15) is 0 Å². The predicted molar refractivity (Wildman–Crippen MR) is 118 cm³/mol. The Hall–Kier alpha value is -3.11. The Morgan fingerprint density at radius 2 is 1.86 bits per heavy atom. The Labute approximate surface area is 174 Å². The zero-order valence-electron chi connectivity index (χ0n) is 16.5. The molecule has 146 valence electrons. The van der Waals surface area contributed by atoms with E-state index in [-0.39, 0.29) is 5.91 Å². The van der Waals surface area contributed by atoms with Gasteiger partial charge in [-0.3, -0.25) is 4.79 Å². The molecule has 0 saturated heterocycles. The van der Waals surface area contributed by atoms with Crippen LogP contribution in [0.5, 0.6) is 0 Å². The number of rotatable bonds is 4. The van der Waals surface area contributed by atoms with Gasteiger partial charge in [0.05, 0.1) is 10.7 Å². The lowest BCUT2D eigenvalue weighted by Crippen LogP contribution is -2.13. The van der Waals surface area contributed by atoms with Crippen molar-refractivity contribution < 1.29 is 9.21 Å². The van der Waals surface area contributed by atoms with Gasteiger partial charge in [-0.1, -0.05) is 49.7 Å². The first kappa shape index (κ1) is 19.2. The molecule has 0 spiro atoms. The number of nitrogens with zero attached hydrogens (tertiary/aromatic N) is 1. The highest BCUT2D eigenvalue weighted by Crippen LogP contribution is 2.31. The first-order valence-electron chi connectivity index (χ1n) is 9.50. The van der Waals surface area contributed by atoms with Crippen LogP contribution < -0.4 is 5.32 Å². The number of aryl methyl sites for hydroxylation is 1. The van der Waals surface area contributed by atoms with Crippen molar-refractivity contribution in [3.63, 3.8) is 0 Å². The maximum Gasteiger partial charge on any atom is 0.255 e. The molecule has 1 aromatic heterocycles. The molecule has 1 heterocycles. The van der Waals surface area contributed by atoms with E-state index >= 15 is 0 Å². The minimum absolute atomic E-state index is 0.207. The standard InChI is InChI=1S/C24H21ClN2O2/c1-14(2)16-9-11-22-21(12-16)27-24(29-22)17-8-10-19(25)20(13-17)26-23(28)18-7-5-4-6-15(18)3/h4-14H,1-3H3,(H,26,28). The van der Waals surface area contributed by atoms with E-state index in [4.69, 9.17) is 16.0 Å². The van der Waals surface area contributed by atoms with E-state index in [1.807, 2.05) is 43.3 Å². The first-order valence-corrected chi connectivity index (χ1v) is 9.87. The Morgan fingerprint density at radius 3 is 2.62 bits per heavy atom. The van der Waals surface area contributed by atoms with E-state index in [9.17, 15) is 4.79 Å². The quantitative estimate of drug-likeness (QED) is 0.405. The normalized spacial score (nSPS) is 11.2. The average molecular weight is 405 g/mol. The van der Waals surface area contributed by atoms with Crippen molar-refractivity contribution in [3.05, 3.63) is 82.4 Å². The minimum Gasteiger partial charge on any atom is -0.436 e. The molecule has 4 aromatic rings. The Kier molecular flexibility index (Phi) is 5.12. The maximum atomic E-state index is 12.7. The van der Waals surface area contributed by atoms with E-state index in [0.29, 0.717) is 28.1 Å². The third-order valence-electron chi connectivity index (χ3n) is 4.93. The summed E-state index contributed by atoms with van der Waals surface area (Å²) in [6, 6.07) is 18.8. The summed E-state index contributed by atoms with van der Waals surface area (Å²) in [6.45, 7) is 6.19. The number of carbonyl (C=O) groups excluding carboxylic acids is 1. The number of fused-ring (bicyclic) bond motifs is 1. The van der Waals surface area contributed by atoms with Crippen LogP contribution in [0.15, 0.2) is 65.1 Å². The summed E-state index contributed by atoms with van der Waals surface area (Å²) in [6.07, 6.45) is 0. The molecule has 0 bridgehead atoms. The molecule has 29 heavy (non-hydrogen) atoms. The lowest BCUT2D eigenvalue weighted by atomic mass is 10.0. The summed E-state index contributed by atoms with van der Waals surface area (Å²) >= 11 is 6.32. The number of oxazole rings is 1. The van der Waals surface area contributed by atoms with Gasteiger partial charge in [-0.15, -0.1) is 0 Å². The summed E-state index contributed by atoms with van der Waals surface area (Å²) in [4.78, 5) is 17.3. The fourth-order valence-corrected chi connectivity index (χ4v) is 3.36. The van der Waals surface area contributed by atoms with Crippen LogP contribution in [0.25, 0.3) is 22.6 Å². The van der Waals surface area contributed by atoms with Crippen LogP contribution in [0.3, 0.4) is 0 Å². The van der Waals surface area contributed by atoms with Crippen LogP contribution in [-0.2, 0) is 0 Å². The summed E-state index contributed by atoms with van der Waals surface area (Å²) in [7, 11) is 0. The van der Waals surface area contributed by atoms with Crippen molar-refractivity contribution >= 4 is 34.3 Å². The highest BCUT2D eigenvalue weighted by atomic mass is 35.5. The van der Waals surface area contributed by atoms with Crippen molar-refractivity contribution in [3.8, 4) is 11.5 Å². The second kappa shape index (κ2) is 7.72. The molecule has 0 aliphatic heterocycles. The Morgan fingerprint density at radius 1 is 1.07 bits per heavy atom. The van der Waals surface area contributed by atoms with Gasteiger partial charge in [0.1, 0.15) is 5.52 Å². The van der Waals surface area contributed by atoms with E-state index in [0.717, 1.165) is 22.2 Å². The van der Waals surface area contributed by atoms with Crippen molar-refractivity contribution in [2.75, 3.05) is 5.32 Å². The number of aromatic nitrogens is 1. The van der Waals surface area contributed by atoms with Gasteiger partial charge in [0.15, 0.2) is 5.58 Å². The Bertz CT molecular complexity index is 1210. The molecule has 0 saturated carbocycles. The van der Waals surface area contributed by atoms with E-state index in [1.54, 1.807) is 18.2 Å². The van der Waals surface area contributed by atoms with E-state index in [1.165, 1.54) is 5.56 Å². The van der Waals surface area contributed by atoms with Crippen LogP contribution in [0.2, 0.25) is 5.02 Å². The number of carbonyl (C=O) groups is 1. The van der Waals surface area contributed by atoms with Gasteiger partial charge in [-0.25, -0.2) is 4.98 Å². The molecule has 1 N–H and O–H groups in total. The lowest BCUT2D eigenvalue weighted by Gasteiger charge is -2.10. The summed E-state index contributed by atoms with van der Waals surface area (Å²) in [5, 5.41) is 3.35. The van der Waals surface area contributed by atoms with Gasteiger partial charge in [0.2, 0.25) is 5.89 Å². The molecule has 0 fully saturated rings. The zero-order valence-corrected chi connectivity index (χ0v) is 17.2. The number of hydrogen-bond donors (Lipinski definition) is 1. The molecule has 4 rings (SSSR count). The molecule has 0 atom stereocenters. The molecular formula is C24H21ClN2O2. The summed E-state index contributed by atoms with van der Waals surface area (Å²) in [5.41, 5.74) is 5.52. The van der Waals surface area contributed by atoms with Crippen LogP contribution in [0, 0.1) is 6.92 Å². The van der Waals surface area contributed by atoms with Crippen molar-refractivity contribution in [1.82, 2.24) is 4.98 Å². The van der Waals surface area contributed by atoms with Gasteiger partial charge < -0.3 is 9.73 Å². The summed E-state index contributed by atoms with van der Waals surface area (Å²) in [5.74, 6) is 0.698. The number of benzene rings is 3. The Balaban J connectivity index is 1.67. The number of amides is 1. The molecule has 0 unspecified atom stereocenters. The summed E-state index contributed by atoms with van der Waals surface area (Å²) < 4.78 is 5.93. The number of halogens is 1. The third-order valence-corrected chi connectivity index (χ3v) is 5.26. The smallest absolute Gasteiger partial charge is 0.255 e. The third kappa shape index (κ3) is 3.89. The number of hydrogen-bond acceptors (Lipinski definition) is 3. The molecule has 1 amide bonds. The van der Waals surface area contributed by atoms with Gasteiger partial charge in [0, 0.05) is 11.1 Å². The van der Waals surface area contributed by atoms with Crippen LogP contribution in [0.1, 0.15) is 41.3 Å². The highest BCUT2D eigenvalue weighted by Gasteiger charge is 2.14. The van der Waals surface area contributed by atoms with Crippen molar-refractivity contribution in [2.24, 2.45) is 0 Å². The van der Waals surface area contributed by atoms with Gasteiger partial charge in [0.25, 0.3) is 5.91 Å². The first-order chi connectivity index (χ1) is 13.9. The largest absolute Gasteiger partial charge is 0.436 e. The monoisotopic (exact) mass is 404 g/mol. The number of anilines is 1. The number of nitrogens with one attached hydrogen (secondary N) is 1. The molecular weight excluding hydrogens is 384 g/mol. The minimum atomic E-state index is -0.207. The predicted octanol–water partition coefficient (Wildman–Crippen LogP) is 6.83. The van der Waals surface area contributed by atoms with Crippen LogP contribution in [-0.4, -0.2) is 10.9 Å². The fourth-order valence-electron chi connectivity index (χ4n) is 3.20. The molecule has 0 radical (unpaired) electrons. The fraction of sp³-hybridized carbons (Fsp3) is 0.167. The lowest BCUT2D eigenvalue weighted by molar-refractivity contribution is 0.102. The highest BCUT2D eigenvalue weighted by molar-refractivity contribution is 6.34. The second-order valence-electron chi connectivity index (χ2n) is 7.36. The van der Waals surface area contributed by atoms with E-state index in [2.05, 4.69) is 30.2 Å². The zero-order chi connectivity index (χ0) is 20.5. The second-order valence-corrected chi connectivity index (χ2v) is 7.77. The van der Waals surface area contributed by atoms with Gasteiger partial charge in [-0.05, 0) is 60.4 Å².